The lowest BCUT2D eigenvalue weighted by Gasteiger charge is -2.13. The van der Waals surface area contributed by atoms with Crippen molar-refractivity contribution in [3.8, 4) is 34.2 Å². The molecule has 0 spiro atoms. The van der Waals surface area contributed by atoms with Gasteiger partial charge in [0.1, 0.15) is 18.5 Å². The highest BCUT2D eigenvalue weighted by atomic mass is 127. The van der Waals surface area contributed by atoms with E-state index in [1.54, 1.807) is 11.3 Å². The third kappa shape index (κ3) is 5.85. The fourth-order valence-corrected chi connectivity index (χ4v) is 10.8. The van der Waals surface area contributed by atoms with Gasteiger partial charge in [-0.1, -0.05) is 133 Å². The lowest BCUT2D eigenvalue weighted by atomic mass is 10.1. The second-order valence-corrected chi connectivity index (χ2v) is 17.1. The van der Waals surface area contributed by atoms with E-state index in [2.05, 4.69) is 84.9 Å². The van der Waals surface area contributed by atoms with E-state index in [-0.39, 0.29) is 0 Å². The molecule has 56 heavy (non-hydrogen) atoms. The fourth-order valence-electron chi connectivity index (χ4n) is 7.18. The summed E-state index contributed by atoms with van der Waals surface area (Å²) in [4.78, 5) is 25.5. The maximum Gasteiger partial charge on any atom is 0.167 e. The lowest BCUT2D eigenvalue weighted by Crippen LogP contribution is -2.11. The van der Waals surface area contributed by atoms with Crippen LogP contribution in [-0.4, -0.2) is 28.1 Å². The van der Waals surface area contributed by atoms with Gasteiger partial charge in [0.2, 0.25) is 0 Å². The number of aromatic nitrogens is 3. The Morgan fingerprint density at radius 3 is 1.89 bits per heavy atom. The van der Waals surface area contributed by atoms with Gasteiger partial charge in [0, 0.05) is 58.8 Å². The van der Waals surface area contributed by atoms with Crippen LogP contribution >= 0.6 is 32.1 Å². The highest BCUT2D eigenvalue weighted by Gasteiger charge is 2.20. The van der Waals surface area contributed by atoms with Crippen molar-refractivity contribution in [3.05, 3.63) is 187 Å². The molecule has 0 radical (unpaired) electrons. The molecule has 6 nitrogen and oxygen atoms in total. The predicted molar refractivity (Wildman–Crippen MR) is 240 cm³/mol. The van der Waals surface area contributed by atoms with Crippen LogP contribution in [0.1, 0.15) is 16.7 Å². The summed E-state index contributed by atoms with van der Waals surface area (Å²) in [5.74, 6) is 2.55. The molecule has 0 aliphatic carbocycles. The first-order valence-corrected chi connectivity index (χ1v) is 21.2. The molecule has 0 fully saturated rings. The van der Waals surface area contributed by atoms with Crippen LogP contribution in [0.15, 0.2) is 184 Å². The molecule has 3 aromatic heterocycles. The van der Waals surface area contributed by atoms with Gasteiger partial charge in [-0.2, -0.15) is 0 Å². The minimum absolute atomic E-state index is 0.570. The van der Waals surface area contributed by atoms with Crippen LogP contribution in [0, 0.1) is 0 Å². The zero-order chi connectivity index (χ0) is 37.0. The lowest BCUT2D eigenvalue weighted by molar-refractivity contribution is 0.669. The molecule has 11 rings (SSSR count). The van der Waals surface area contributed by atoms with Gasteiger partial charge >= 0.3 is 0 Å². The minimum Gasteiger partial charge on any atom is -0.455 e. The Bertz CT molecular complexity index is 3200. The molecule has 1 aliphatic rings. The van der Waals surface area contributed by atoms with Crippen LogP contribution in [0.25, 0.3) is 76.3 Å². The number of halogens is 1. The van der Waals surface area contributed by atoms with Crippen molar-refractivity contribution in [1.29, 1.82) is 0 Å². The van der Waals surface area contributed by atoms with Gasteiger partial charge in [0.25, 0.3) is 0 Å². The van der Waals surface area contributed by atoms with E-state index < -0.39 is 20.7 Å². The van der Waals surface area contributed by atoms with E-state index in [9.17, 15) is 0 Å². The van der Waals surface area contributed by atoms with E-state index in [0.717, 1.165) is 68.5 Å². The number of aliphatic imine (C=N–C) groups is 2. The van der Waals surface area contributed by atoms with Crippen molar-refractivity contribution in [2.24, 2.45) is 9.98 Å². The first-order chi connectivity index (χ1) is 27.7. The summed E-state index contributed by atoms with van der Waals surface area (Å²) in [7, 11) is 0. The van der Waals surface area contributed by atoms with Gasteiger partial charge in [0.05, 0.1) is 5.56 Å². The van der Waals surface area contributed by atoms with Crippen molar-refractivity contribution in [3.63, 3.8) is 0 Å². The molecule has 264 valence electrons. The molecule has 4 heterocycles. The number of amidine groups is 1. The summed E-state index contributed by atoms with van der Waals surface area (Å²) in [6.07, 6.45) is 0. The van der Waals surface area contributed by atoms with Gasteiger partial charge < -0.3 is 4.42 Å². The summed E-state index contributed by atoms with van der Waals surface area (Å²) in [6, 6.07) is 58.4. The van der Waals surface area contributed by atoms with Crippen LogP contribution in [0.5, 0.6) is 0 Å². The first kappa shape index (κ1) is 32.9. The number of furan rings is 1. The van der Waals surface area contributed by atoms with E-state index in [1.807, 2.05) is 84.9 Å². The third-order valence-electron chi connectivity index (χ3n) is 9.91. The Labute approximate surface area is 335 Å². The summed E-state index contributed by atoms with van der Waals surface area (Å²) >= 11 is 1.18. The Morgan fingerprint density at radius 2 is 1.09 bits per heavy atom. The largest absolute Gasteiger partial charge is 0.455 e. The summed E-state index contributed by atoms with van der Waals surface area (Å²) in [5, 5.41) is 4.46. The second-order valence-electron chi connectivity index (χ2n) is 13.4. The van der Waals surface area contributed by atoms with E-state index in [0.29, 0.717) is 17.5 Å². The molecule has 0 N–H and O–H groups in total. The zero-order valence-corrected chi connectivity index (χ0v) is 32.6. The standard InChI is InChI=1S/C48H28IN5OS/c1-4-13-29(14-5-1)43-49-44(51-45(50-43)30-15-6-2-7-16-30)32-23-25-35-38-27-33(24-26-40(38)56-41(35)28-32)47-52-46(31-17-8-3-9-18-31)53-48(54-47)37-21-12-20-36-34-19-10-11-22-39(34)55-42(36)37/h1-28H. The van der Waals surface area contributed by atoms with Crippen molar-refractivity contribution in [1.82, 2.24) is 15.0 Å². The average molecular weight is 850 g/mol. The highest BCUT2D eigenvalue weighted by Crippen LogP contribution is 2.39. The fraction of sp³-hybridized carbons (Fsp3) is 0. The van der Waals surface area contributed by atoms with Gasteiger partial charge in [-0.3, -0.25) is 0 Å². The van der Waals surface area contributed by atoms with Gasteiger partial charge in [-0.05, 0) is 57.1 Å². The second kappa shape index (κ2) is 13.7. The van der Waals surface area contributed by atoms with Gasteiger partial charge in [-0.15, -0.1) is 11.3 Å². The number of fused-ring (bicyclic) bond motifs is 6. The number of hydrogen-bond donors (Lipinski definition) is 0. The summed E-state index contributed by atoms with van der Waals surface area (Å²) < 4.78 is 11.1. The molecule has 0 unspecified atom stereocenters. The van der Waals surface area contributed by atoms with E-state index in [4.69, 9.17) is 29.4 Å². The van der Waals surface area contributed by atoms with Gasteiger partial charge in [-0.25, -0.2) is 24.9 Å². The molecule has 0 bridgehead atoms. The van der Waals surface area contributed by atoms with Gasteiger partial charge in [0.15, 0.2) is 23.3 Å². The van der Waals surface area contributed by atoms with Crippen LogP contribution in [0.2, 0.25) is 0 Å². The quantitative estimate of drug-likeness (QED) is 0.156. The number of rotatable bonds is 6. The Hall–Kier alpha value is -6.49. The van der Waals surface area contributed by atoms with E-state index in [1.165, 1.54) is 20.2 Å². The van der Waals surface area contributed by atoms with Crippen LogP contribution in [0.4, 0.5) is 0 Å². The summed E-state index contributed by atoms with van der Waals surface area (Å²) in [5.41, 5.74) is 7.59. The molecule has 8 heteroatoms. The number of hydrogen-bond acceptors (Lipinski definition) is 7. The van der Waals surface area contributed by atoms with Crippen molar-refractivity contribution >= 4 is 87.4 Å². The number of para-hydroxylation sites is 2. The minimum atomic E-state index is -0.620. The van der Waals surface area contributed by atoms with Crippen molar-refractivity contribution in [2.45, 2.75) is 0 Å². The Morgan fingerprint density at radius 1 is 0.429 bits per heavy atom. The molecule has 7 aromatic carbocycles. The molecule has 0 saturated heterocycles. The molecule has 0 saturated carbocycles. The molecule has 0 amide bonds. The maximum atomic E-state index is 6.42. The number of thiophene rings is 1. The number of nitrogens with zero attached hydrogens (tertiary/aromatic N) is 5. The zero-order valence-electron chi connectivity index (χ0n) is 29.6. The Balaban J connectivity index is 1.03. The van der Waals surface area contributed by atoms with Crippen LogP contribution in [0.3, 0.4) is 0 Å². The third-order valence-corrected chi connectivity index (χ3v) is 13.8. The molecule has 0 atom stereocenters. The normalized spacial score (nSPS) is 13.1. The molecular weight excluding hydrogens is 822 g/mol. The maximum absolute atomic E-state index is 6.42. The Kier molecular flexibility index (Phi) is 8.03. The molecular formula is C48H28IN5OS. The SMILES string of the molecule is c1ccc(C2=NC(c3ccccc3)=IC(c3ccc4c(c3)sc3ccc(-c5nc(-c6ccccc6)nc(-c6cccc7c6oc6ccccc67)n5)cc34)=N2)cc1. The topological polar surface area (TPSA) is 76.5 Å². The summed E-state index contributed by atoms with van der Waals surface area (Å²) in [6.45, 7) is 0. The van der Waals surface area contributed by atoms with Crippen LogP contribution < -0.4 is 0 Å². The monoisotopic (exact) mass is 849 g/mol. The van der Waals surface area contributed by atoms with E-state index >= 15 is 0 Å². The smallest absolute Gasteiger partial charge is 0.167 e. The molecule has 1 aliphatic heterocycles. The highest BCUT2D eigenvalue weighted by molar-refractivity contribution is 14.2. The van der Waals surface area contributed by atoms with Crippen molar-refractivity contribution < 1.29 is 4.42 Å². The van der Waals surface area contributed by atoms with Crippen molar-refractivity contribution in [2.75, 3.05) is 0 Å². The average Bonchev–Trinajstić information content (AvgIpc) is 3.85. The molecule has 10 aromatic rings. The first-order valence-electron chi connectivity index (χ1n) is 18.2. The van der Waals surface area contributed by atoms with Crippen LogP contribution in [-0.2, 0) is 0 Å². The number of benzene rings is 7. The predicted octanol–water partition coefficient (Wildman–Crippen LogP) is 12.5.